The van der Waals surface area contributed by atoms with Crippen LogP contribution >= 0.6 is 97.7 Å². The summed E-state index contributed by atoms with van der Waals surface area (Å²) in [4.78, 5) is 4.75. The second-order valence-corrected chi connectivity index (χ2v) is 16.5. The molecule has 38 heavy (non-hydrogen) atoms. The zero-order valence-corrected chi connectivity index (χ0v) is 29.2. The van der Waals surface area contributed by atoms with Crippen molar-refractivity contribution >= 4 is 107 Å². The molecule has 0 aromatic carbocycles. The number of fused-ring (bicyclic) bond motifs is 2. The van der Waals surface area contributed by atoms with Crippen molar-refractivity contribution in [3.8, 4) is 0 Å². The summed E-state index contributed by atoms with van der Waals surface area (Å²) in [5.41, 5.74) is 2.37. The maximum absolute atomic E-state index is 5.80. The summed E-state index contributed by atoms with van der Waals surface area (Å²) in [6, 6.07) is 4.29. The minimum absolute atomic E-state index is 0.150. The molecule has 2 aliphatic heterocycles. The highest BCUT2D eigenvalue weighted by molar-refractivity contribution is 8.00. The van der Waals surface area contributed by atoms with E-state index in [1.165, 1.54) is 20.9 Å². The zero-order chi connectivity index (χ0) is 27.8. The SMILES string of the molecule is CC(C)(CCC(=S)CCC(=S)CCC(C)(C)n1c(S)c2c(cc1=S)SCC2)n1c(S)c2c(cc1=S)SCC2. The summed E-state index contributed by atoms with van der Waals surface area (Å²) in [5.74, 6) is 2.22. The molecule has 0 spiro atoms. The maximum atomic E-state index is 5.80. The Morgan fingerprint density at radius 1 is 0.737 bits per heavy atom. The van der Waals surface area contributed by atoms with Gasteiger partial charge in [0.15, 0.2) is 0 Å². The van der Waals surface area contributed by atoms with Crippen LogP contribution in [0.25, 0.3) is 0 Å². The van der Waals surface area contributed by atoms with Crippen LogP contribution in [0.15, 0.2) is 32.0 Å². The Morgan fingerprint density at radius 3 is 1.47 bits per heavy atom. The molecular weight excluding hydrogens is 621 g/mol. The Balaban J connectivity index is 1.30. The first-order valence-electron chi connectivity index (χ1n) is 13.1. The molecule has 0 fully saturated rings. The molecule has 0 amide bonds. The molecule has 0 saturated carbocycles. The van der Waals surface area contributed by atoms with Gasteiger partial charge >= 0.3 is 0 Å². The van der Waals surface area contributed by atoms with Crippen molar-refractivity contribution in [2.75, 3.05) is 11.5 Å². The summed E-state index contributed by atoms with van der Waals surface area (Å²) in [6.45, 7) is 8.96. The molecule has 0 unspecified atom stereocenters. The van der Waals surface area contributed by atoms with E-state index in [-0.39, 0.29) is 11.1 Å². The monoisotopic (exact) mass is 656 g/mol. The smallest absolute Gasteiger partial charge is 0.108 e. The minimum atomic E-state index is -0.150. The van der Waals surface area contributed by atoms with E-state index in [4.69, 9.17) is 74.1 Å². The lowest BCUT2D eigenvalue weighted by molar-refractivity contribution is 0.303. The number of rotatable bonds is 11. The summed E-state index contributed by atoms with van der Waals surface area (Å²) in [7, 11) is 0. The average molecular weight is 657 g/mol. The number of aromatic nitrogens is 2. The topological polar surface area (TPSA) is 9.86 Å². The van der Waals surface area contributed by atoms with Gasteiger partial charge in [-0.2, -0.15) is 0 Å². The molecule has 2 aromatic rings. The summed E-state index contributed by atoms with van der Waals surface area (Å²) < 4.78 is 6.16. The number of thiocarbonyl (C=S) groups is 2. The fourth-order valence-corrected chi connectivity index (χ4v) is 10.5. The average Bonchev–Trinajstić information content (AvgIpc) is 3.49. The van der Waals surface area contributed by atoms with Crippen molar-refractivity contribution in [1.82, 2.24) is 9.13 Å². The van der Waals surface area contributed by atoms with Crippen molar-refractivity contribution in [1.29, 1.82) is 0 Å². The first kappa shape index (κ1) is 31.3. The quantitative estimate of drug-likeness (QED) is 0.183. The van der Waals surface area contributed by atoms with E-state index >= 15 is 0 Å². The van der Waals surface area contributed by atoms with Crippen LogP contribution in [0.4, 0.5) is 0 Å². The second-order valence-electron chi connectivity index (χ2n) is 11.4. The van der Waals surface area contributed by atoms with E-state index in [2.05, 4.69) is 49.0 Å². The predicted octanol–water partition coefficient (Wildman–Crippen LogP) is 9.87. The number of hydrogen-bond acceptors (Lipinski definition) is 8. The van der Waals surface area contributed by atoms with Gasteiger partial charge in [-0.15, -0.1) is 48.8 Å². The maximum Gasteiger partial charge on any atom is 0.108 e. The van der Waals surface area contributed by atoms with Crippen molar-refractivity contribution in [3.63, 3.8) is 0 Å². The fourth-order valence-electron chi connectivity index (χ4n) is 5.29. The van der Waals surface area contributed by atoms with Crippen molar-refractivity contribution in [3.05, 3.63) is 32.5 Å². The van der Waals surface area contributed by atoms with Gasteiger partial charge in [0.05, 0.1) is 10.1 Å². The minimum Gasteiger partial charge on any atom is -0.322 e. The number of thioether (sulfide) groups is 2. The van der Waals surface area contributed by atoms with Gasteiger partial charge in [-0.05, 0) is 112 Å². The van der Waals surface area contributed by atoms with E-state index in [9.17, 15) is 0 Å². The fraction of sp³-hybridized carbons (Fsp3) is 0.571. The first-order chi connectivity index (χ1) is 17.8. The molecule has 0 bridgehead atoms. The summed E-state index contributed by atoms with van der Waals surface area (Å²) in [6.07, 6.45) is 7.45. The molecule has 10 heteroatoms. The second kappa shape index (κ2) is 12.7. The Labute approximate surface area is 268 Å². The molecule has 0 saturated heterocycles. The zero-order valence-electron chi connectivity index (χ0n) is 22.5. The van der Waals surface area contributed by atoms with Crippen molar-refractivity contribution in [2.24, 2.45) is 0 Å². The lowest BCUT2D eigenvalue weighted by Crippen LogP contribution is -2.30. The first-order valence-corrected chi connectivity index (χ1v) is 17.6. The number of nitrogens with zero attached hydrogens (tertiary/aromatic N) is 2. The molecule has 0 aliphatic carbocycles. The van der Waals surface area contributed by atoms with Crippen molar-refractivity contribution in [2.45, 2.75) is 110 Å². The Hall–Kier alpha value is 0.320. The third-order valence-electron chi connectivity index (χ3n) is 7.65. The molecular formula is C28H36N2S8. The number of hydrogen-bond donors (Lipinski definition) is 2. The lowest BCUT2D eigenvalue weighted by atomic mass is 9.93. The van der Waals surface area contributed by atoms with Crippen molar-refractivity contribution < 1.29 is 0 Å². The largest absolute Gasteiger partial charge is 0.322 e. The van der Waals surface area contributed by atoms with Crippen LogP contribution in [0.5, 0.6) is 0 Å². The van der Waals surface area contributed by atoms with Crippen LogP contribution in [-0.2, 0) is 23.9 Å². The third kappa shape index (κ3) is 6.85. The summed E-state index contributed by atoms with van der Waals surface area (Å²) in [5, 5.41) is 2.03. The van der Waals surface area contributed by atoms with Crippen LogP contribution in [0.2, 0.25) is 0 Å². The number of thiol groups is 2. The molecule has 4 rings (SSSR count). The van der Waals surface area contributed by atoms with Gasteiger partial charge in [0.2, 0.25) is 0 Å². The highest BCUT2D eigenvalue weighted by atomic mass is 32.2. The third-order valence-corrected chi connectivity index (χ3v) is 12.2. The predicted molar refractivity (Wildman–Crippen MR) is 185 cm³/mol. The highest BCUT2D eigenvalue weighted by Gasteiger charge is 2.28. The molecule has 0 N–H and O–H groups in total. The van der Waals surface area contributed by atoms with Gasteiger partial charge in [-0.1, -0.05) is 48.9 Å². The van der Waals surface area contributed by atoms with E-state index in [0.29, 0.717) is 0 Å². The molecule has 4 heterocycles. The van der Waals surface area contributed by atoms with Crippen LogP contribution in [-0.4, -0.2) is 30.4 Å². The van der Waals surface area contributed by atoms with Crippen LogP contribution < -0.4 is 0 Å². The summed E-state index contributed by atoms with van der Waals surface area (Å²) >= 11 is 36.7. The van der Waals surface area contributed by atoms with Gasteiger partial charge < -0.3 is 9.13 Å². The normalized spacial score (nSPS) is 15.0. The van der Waals surface area contributed by atoms with E-state index in [0.717, 1.165) is 91.9 Å². The molecule has 0 radical (unpaired) electrons. The Bertz CT molecular complexity index is 1280. The molecule has 206 valence electrons. The standard InChI is InChI=1S/C28H36N2S8/c1-27(2,29-23(33)15-21-19(25(29)35)9-13-37-21)11-7-17(31)5-6-18(32)8-12-28(3,4)30-24(34)16-22-20(26(30)36)10-14-38-22/h15-16,35-36H,5-14H2,1-4H3. The van der Waals surface area contributed by atoms with Gasteiger partial charge in [-0.25, -0.2) is 0 Å². The molecule has 0 atom stereocenters. The van der Waals surface area contributed by atoms with Gasteiger partial charge in [-0.3, -0.25) is 0 Å². The molecule has 2 aromatic heterocycles. The lowest BCUT2D eigenvalue weighted by Gasteiger charge is -2.32. The molecule has 2 aliphatic rings. The Morgan fingerprint density at radius 2 is 1.11 bits per heavy atom. The number of pyridine rings is 2. The molecule has 2 nitrogen and oxygen atoms in total. The van der Waals surface area contributed by atoms with Gasteiger partial charge in [0.25, 0.3) is 0 Å². The van der Waals surface area contributed by atoms with Crippen LogP contribution in [0, 0.1) is 9.28 Å². The van der Waals surface area contributed by atoms with E-state index in [1.807, 2.05) is 23.5 Å². The van der Waals surface area contributed by atoms with Crippen LogP contribution in [0.1, 0.15) is 77.3 Å². The van der Waals surface area contributed by atoms with Crippen LogP contribution in [0.3, 0.4) is 0 Å². The van der Waals surface area contributed by atoms with E-state index < -0.39 is 0 Å². The van der Waals surface area contributed by atoms with E-state index in [1.54, 1.807) is 0 Å². The highest BCUT2D eigenvalue weighted by Crippen LogP contribution is 2.40. The van der Waals surface area contributed by atoms with Gasteiger partial charge in [0.1, 0.15) is 9.28 Å². The Kier molecular flexibility index (Phi) is 10.4. The van der Waals surface area contributed by atoms with Gasteiger partial charge in [0, 0.05) is 32.4 Å².